The Hall–Kier alpha value is -6.39. The van der Waals surface area contributed by atoms with Crippen LogP contribution in [0.2, 0.25) is 0 Å². The van der Waals surface area contributed by atoms with E-state index in [1.807, 2.05) is 48.5 Å². The summed E-state index contributed by atoms with van der Waals surface area (Å²) in [6.45, 7) is 0. The van der Waals surface area contributed by atoms with E-state index >= 15 is 0 Å². The molecule has 0 unspecified atom stereocenters. The number of nitrogens with zero attached hydrogens (tertiary/aromatic N) is 2. The summed E-state index contributed by atoms with van der Waals surface area (Å²) in [4.78, 5) is 7.23. The van der Waals surface area contributed by atoms with Crippen LogP contribution in [-0.4, -0.2) is 4.98 Å². The van der Waals surface area contributed by atoms with Gasteiger partial charge in [-0.15, -0.1) is 0 Å². The predicted molar refractivity (Wildman–Crippen MR) is 192 cm³/mol. The van der Waals surface area contributed by atoms with Crippen molar-refractivity contribution in [3.05, 3.63) is 170 Å². The molecule has 0 saturated carbocycles. The first-order valence-corrected chi connectivity index (χ1v) is 15.7. The van der Waals surface area contributed by atoms with Crippen molar-refractivity contribution in [2.75, 3.05) is 4.90 Å². The number of aromatic nitrogens is 1. The smallest absolute Gasteiger partial charge is 0.227 e. The highest BCUT2D eigenvalue weighted by atomic mass is 16.4. The maximum atomic E-state index is 6.33. The Morgan fingerprint density at radius 2 is 0.936 bits per heavy atom. The zero-order valence-electron chi connectivity index (χ0n) is 25.4. The van der Waals surface area contributed by atoms with Crippen molar-refractivity contribution in [2.24, 2.45) is 0 Å². The maximum absolute atomic E-state index is 6.33. The Balaban J connectivity index is 1.17. The van der Waals surface area contributed by atoms with Gasteiger partial charge < -0.3 is 13.7 Å². The van der Waals surface area contributed by atoms with Gasteiger partial charge in [-0.2, -0.15) is 0 Å². The molecule has 0 aliphatic carbocycles. The number of hydrogen-bond donors (Lipinski definition) is 0. The number of para-hydroxylation sites is 1. The second-order valence-corrected chi connectivity index (χ2v) is 11.6. The molecule has 4 nitrogen and oxygen atoms in total. The molecule has 47 heavy (non-hydrogen) atoms. The largest absolute Gasteiger partial charge is 0.456 e. The number of furan rings is 1. The maximum Gasteiger partial charge on any atom is 0.227 e. The summed E-state index contributed by atoms with van der Waals surface area (Å²) in [5.41, 5.74) is 12.0. The second kappa shape index (κ2) is 11.2. The van der Waals surface area contributed by atoms with E-state index in [0.29, 0.717) is 5.89 Å². The average Bonchev–Trinajstić information content (AvgIpc) is 3.75. The molecule has 0 aliphatic heterocycles. The lowest BCUT2D eigenvalue weighted by atomic mass is 9.94. The Labute approximate surface area is 271 Å². The molecule has 2 aromatic heterocycles. The molecule has 0 bridgehead atoms. The molecule has 0 atom stereocenters. The average molecular weight is 605 g/mol. The van der Waals surface area contributed by atoms with Gasteiger partial charge in [-0.1, -0.05) is 103 Å². The van der Waals surface area contributed by atoms with Gasteiger partial charge >= 0.3 is 0 Å². The first-order chi connectivity index (χ1) is 23.3. The Morgan fingerprint density at radius 1 is 0.404 bits per heavy atom. The third kappa shape index (κ3) is 4.75. The highest BCUT2D eigenvalue weighted by molar-refractivity contribution is 6.17. The van der Waals surface area contributed by atoms with E-state index in [1.54, 1.807) is 0 Å². The van der Waals surface area contributed by atoms with E-state index in [2.05, 4.69) is 126 Å². The third-order valence-electron chi connectivity index (χ3n) is 8.72. The van der Waals surface area contributed by atoms with Crippen LogP contribution in [0.15, 0.2) is 179 Å². The fourth-order valence-electron chi connectivity index (χ4n) is 6.50. The van der Waals surface area contributed by atoms with Crippen LogP contribution in [0.1, 0.15) is 0 Å². The lowest BCUT2D eigenvalue weighted by molar-refractivity contribution is 0.619. The van der Waals surface area contributed by atoms with Crippen LogP contribution in [0.4, 0.5) is 17.1 Å². The standard InChI is InChI=1S/C43H28N2O2/c1-4-12-29(13-5-1)35-18-10-11-19-36(35)30-20-22-33(23-21-30)45(32-16-8-3-9-17-32)34-24-25-38-37(28-34)41-39(46-38)26-27-40-42(41)44-43(47-40)31-14-6-2-7-15-31/h1-28H. The summed E-state index contributed by atoms with van der Waals surface area (Å²) in [6, 6.07) is 58.7. The monoisotopic (exact) mass is 604 g/mol. The van der Waals surface area contributed by atoms with Crippen molar-refractivity contribution >= 4 is 50.1 Å². The number of anilines is 3. The van der Waals surface area contributed by atoms with Gasteiger partial charge in [-0.3, -0.25) is 0 Å². The third-order valence-corrected chi connectivity index (χ3v) is 8.72. The molecule has 0 spiro atoms. The van der Waals surface area contributed by atoms with Crippen LogP contribution in [0.25, 0.3) is 66.7 Å². The molecule has 7 aromatic carbocycles. The molecule has 4 heteroatoms. The Bertz CT molecular complexity index is 2500. The van der Waals surface area contributed by atoms with Gasteiger partial charge in [0.2, 0.25) is 5.89 Å². The van der Waals surface area contributed by atoms with E-state index < -0.39 is 0 Å². The van der Waals surface area contributed by atoms with E-state index in [-0.39, 0.29) is 0 Å². The molecule has 0 amide bonds. The highest BCUT2D eigenvalue weighted by Crippen LogP contribution is 2.42. The number of benzene rings is 7. The van der Waals surface area contributed by atoms with E-state index in [9.17, 15) is 0 Å². The zero-order chi connectivity index (χ0) is 31.2. The summed E-state index contributed by atoms with van der Waals surface area (Å²) in [7, 11) is 0. The van der Waals surface area contributed by atoms with Crippen molar-refractivity contribution in [3.8, 4) is 33.7 Å². The molecule has 0 radical (unpaired) electrons. The van der Waals surface area contributed by atoms with Crippen LogP contribution in [0, 0.1) is 0 Å². The van der Waals surface area contributed by atoms with Crippen LogP contribution in [0.5, 0.6) is 0 Å². The summed E-state index contributed by atoms with van der Waals surface area (Å²) in [5, 5.41) is 1.94. The molecular weight excluding hydrogens is 576 g/mol. The number of hydrogen-bond acceptors (Lipinski definition) is 4. The number of oxazole rings is 1. The molecule has 2 heterocycles. The Kier molecular flexibility index (Phi) is 6.43. The first kappa shape index (κ1) is 27.0. The molecule has 0 aliphatic rings. The fourth-order valence-corrected chi connectivity index (χ4v) is 6.50. The van der Waals surface area contributed by atoms with Gasteiger partial charge in [0.15, 0.2) is 5.58 Å². The molecule has 222 valence electrons. The van der Waals surface area contributed by atoms with Gasteiger partial charge in [0.05, 0.1) is 5.39 Å². The fraction of sp³-hybridized carbons (Fsp3) is 0. The van der Waals surface area contributed by atoms with E-state index in [4.69, 9.17) is 13.8 Å². The molecule has 9 rings (SSSR count). The zero-order valence-corrected chi connectivity index (χ0v) is 25.4. The van der Waals surface area contributed by atoms with Gasteiger partial charge in [-0.25, -0.2) is 4.98 Å². The molecule has 9 aromatic rings. The van der Waals surface area contributed by atoms with E-state index in [0.717, 1.165) is 55.7 Å². The molecule has 0 N–H and O–H groups in total. The first-order valence-electron chi connectivity index (χ1n) is 15.7. The number of rotatable bonds is 6. The topological polar surface area (TPSA) is 42.4 Å². The van der Waals surface area contributed by atoms with Gasteiger partial charge in [0, 0.05) is 28.0 Å². The van der Waals surface area contributed by atoms with E-state index in [1.165, 1.54) is 22.3 Å². The second-order valence-electron chi connectivity index (χ2n) is 11.6. The van der Waals surface area contributed by atoms with Crippen molar-refractivity contribution in [1.82, 2.24) is 4.98 Å². The summed E-state index contributed by atoms with van der Waals surface area (Å²) >= 11 is 0. The van der Waals surface area contributed by atoms with Crippen LogP contribution in [0.3, 0.4) is 0 Å². The van der Waals surface area contributed by atoms with Crippen LogP contribution in [-0.2, 0) is 0 Å². The Morgan fingerprint density at radius 3 is 1.64 bits per heavy atom. The van der Waals surface area contributed by atoms with Crippen molar-refractivity contribution < 1.29 is 8.83 Å². The lowest BCUT2D eigenvalue weighted by Gasteiger charge is -2.26. The summed E-state index contributed by atoms with van der Waals surface area (Å²) < 4.78 is 12.6. The normalized spacial score (nSPS) is 11.4. The molecule has 0 saturated heterocycles. The molecule has 0 fully saturated rings. The molecular formula is C43H28N2O2. The SMILES string of the molecule is c1ccc(-c2nc3c(ccc4oc5ccc(N(c6ccccc6)c6ccc(-c7ccccc7-c7ccccc7)cc6)cc5c43)o2)cc1. The van der Waals surface area contributed by atoms with Crippen molar-refractivity contribution in [2.45, 2.75) is 0 Å². The highest BCUT2D eigenvalue weighted by Gasteiger charge is 2.19. The van der Waals surface area contributed by atoms with Crippen LogP contribution >= 0.6 is 0 Å². The van der Waals surface area contributed by atoms with Crippen LogP contribution < -0.4 is 4.90 Å². The quantitative estimate of drug-likeness (QED) is 0.189. The van der Waals surface area contributed by atoms with Crippen molar-refractivity contribution in [1.29, 1.82) is 0 Å². The lowest BCUT2D eigenvalue weighted by Crippen LogP contribution is -2.09. The number of fused-ring (bicyclic) bond motifs is 5. The van der Waals surface area contributed by atoms with Gasteiger partial charge in [0.1, 0.15) is 16.7 Å². The van der Waals surface area contributed by atoms with Gasteiger partial charge in [0.25, 0.3) is 0 Å². The summed E-state index contributed by atoms with van der Waals surface area (Å²) in [6.07, 6.45) is 0. The minimum atomic E-state index is 0.596. The predicted octanol–water partition coefficient (Wildman–Crippen LogP) is 12.2. The summed E-state index contributed by atoms with van der Waals surface area (Å²) in [5.74, 6) is 0.596. The van der Waals surface area contributed by atoms with Crippen molar-refractivity contribution in [3.63, 3.8) is 0 Å². The minimum absolute atomic E-state index is 0.596. The minimum Gasteiger partial charge on any atom is -0.456 e. The van der Waals surface area contributed by atoms with Gasteiger partial charge in [-0.05, 0) is 89.0 Å².